The topological polar surface area (TPSA) is 49.4 Å². The summed E-state index contributed by atoms with van der Waals surface area (Å²) in [6.07, 6.45) is 2.27. The van der Waals surface area contributed by atoms with Crippen LogP contribution in [0.3, 0.4) is 0 Å². The fourth-order valence-corrected chi connectivity index (χ4v) is 2.60. The number of nitrogens with zero attached hydrogens (tertiary/aromatic N) is 1. The van der Waals surface area contributed by atoms with Gasteiger partial charge in [-0.05, 0) is 37.5 Å². The summed E-state index contributed by atoms with van der Waals surface area (Å²) < 4.78 is 13.8. The summed E-state index contributed by atoms with van der Waals surface area (Å²) in [5.74, 6) is -1.33. The third-order valence-electron chi connectivity index (χ3n) is 3.47. The first-order valence-corrected chi connectivity index (χ1v) is 6.90. The average Bonchev–Trinajstić information content (AvgIpc) is 2.48. The molecule has 2 rings (SSSR count). The predicted molar refractivity (Wildman–Crippen MR) is 74.2 cm³/mol. The number of benzene rings is 1. The lowest BCUT2D eigenvalue weighted by molar-refractivity contribution is -0.126. The van der Waals surface area contributed by atoms with Crippen molar-refractivity contribution in [2.75, 3.05) is 13.6 Å². The Balaban J connectivity index is 2.30. The average molecular weight is 299 g/mol. The van der Waals surface area contributed by atoms with Crippen molar-refractivity contribution in [1.29, 1.82) is 0 Å². The van der Waals surface area contributed by atoms with Gasteiger partial charge in [0.15, 0.2) is 0 Å². The molecule has 0 aliphatic carbocycles. The number of hydrogen-bond acceptors (Lipinski definition) is 2. The lowest BCUT2D eigenvalue weighted by atomic mass is 10.00. The monoisotopic (exact) mass is 298 g/mol. The Morgan fingerprint density at radius 2 is 2.15 bits per heavy atom. The summed E-state index contributed by atoms with van der Waals surface area (Å²) in [6.45, 7) is 0.447. The van der Waals surface area contributed by atoms with E-state index in [2.05, 4.69) is 5.32 Å². The number of piperidine rings is 1. The van der Waals surface area contributed by atoms with Gasteiger partial charge in [-0.3, -0.25) is 9.59 Å². The van der Waals surface area contributed by atoms with Crippen LogP contribution < -0.4 is 5.32 Å². The van der Waals surface area contributed by atoms with E-state index in [0.717, 1.165) is 18.9 Å². The number of likely N-dealkylation sites (N-methyl/N-ethyl adjacent to an activating group) is 1. The van der Waals surface area contributed by atoms with Crippen LogP contribution in [0.25, 0.3) is 0 Å². The zero-order chi connectivity index (χ0) is 14.7. The molecule has 0 aromatic heterocycles. The lowest BCUT2D eigenvalue weighted by Crippen LogP contribution is -2.51. The number of nitrogens with one attached hydrogen (secondary N) is 1. The molecule has 0 saturated carbocycles. The van der Waals surface area contributed by atoms with Crippen LogP contribution in [0.4, 0.5) is 4.39 Å². The van der Waals surface area contributed by atoms with Crippen molar-refractivity contribution in [1.82, 2.24) is 10.2 Å². The second-order valence-electron chi connectivity index (χ2n) is 4.75. The van der Waals surface area contributed by atoms with Gasteiger partial charge in [-0.2, -0.15) is 0 Å². The SMILES string of the molecule is CNC(=O)[C@@H]1CCCCN1C(=O)c1cc(Cl)ccc1F. The lowest BCUT2D eigenvalue weighted by Gasteiger charge is -2.34. The van der Waals surface area contributed by atoms with Gasteiger partial charge >= 0.3 is 0 Å². The Kier molecular flexibility index (Phi) is 4.60. The molecular formula is C14H16ClFN2O2. The molecule has 6 heteroatoms. The second kappa shape index (κ2) is 6.22. The molecule has 20 heavy (non-hydrogen) atoms. The molecule has 1 N–H and O–H groups in total. The maximum absolute atomic E-state index is 13.8. The molecule has 0 unspecified atom stereocenters. The summed E-state index contributed by atoms with van der Waals surface area (Å²) in [6, 6.07) is 3.31. The largest absolute Gasteiger partial charge is 0.357 e. The van der Waals surface area contributed by atoms with Crippen LogP contribution in [0.2, 0.25) is 5.02 Å². The maximum Gasteiger partial charge on any atom is 0.257 e. The van der Waals surface area contributed by atoms with Gasteiger partial charge in [-0.15, -0.1) is 0 Å². The van der Waals surface area contributed by atoms with E-state index in [1.807, 2.05) is 0 Å². The highest BCUT2D eigenvalue weighted by Gasteiger charge is 2.33. The molecule has 108 valence electrons. The Bertz CT molecular complexity index is 536. The van der Waals surface area contributed by atoms with Crippen molar-refractivity contribution in [3.8, 4) is 0 Å². The van der Waals surface area contributed by atoms with Crippen LogP contribution >= 0.6 is 11.6 Å². The molecular weight excluding hydrogens is 283 g/mol. The minimum Gasteiger partial charge on any atom is -0.357 e. The fourth-order valence-electron chi connectivity index (χ4n) is 2.43. The molecule has 1 saturated heterocycles. The number of hydrogen-bond donors (Lipinski definition) is 1. The molecule has 1 aliphatic rings. The van der Waals surface area contributed by atoms with Crippen molar-refractivity contribution < 1.29 is 14.0 Å². The quantitative estimate of drug-likeness (QED) is 0.910. The van der Waals surface area contributed by atoms with E-state index in [0.29, 0.717) is 18.0 Å². The molecule has 1 aliphatic heterocycles. The number of rotatable bonds is 2. The Morgan fingerprint density at radius 3 is 2.85 bits per heavy atom. The van der Waals surface area contributed by atoms with Gasteiger partial charge in [0.1, 0.15) is 11.9 Å². The molecule has 0 spiro atoms. The third kappa shape index (κ3) is 2.93. The first-order valence-electron chi connectivity index (χ1n) is 6.52. The van der Waals surface area contributed by atoms with Crippen LogP contribution in [-0.2, 0) is 4.79 Å². The molecule has 1 aromatic rings. The van der Waals surface area contributed by atoms with Crippen molar-refractivity contribution >= 4 is 23.4 Å². The second-order valence-corrected chi connectivity index (χ2v) is 5.18. The number of carbonyl (C=O) groups excluding carboxylic acids is 2. The van der Waals surface area contributed by atoms with E-state index in [4.69, 9.17) is 11.6 Å². The standard InChI is InChI=1S/C14H16ClFN2O2/c1-17-13(19)12-4-2-3-7-18(12)14(20)10-8-9(15)5-6-11(10)16/h5-6,8,12H,2-4,7H2,1H3,(H,17,19)/t12-/m0/s1. The van der Waals surface area contributed by atoms with E-state index >= 15 is 0 Å². The molecule has 4 nitrogen and oxygen atoms in total. The van der Waals surface area contributed by atoms with Gasteiger partial charge in [0.05, 0.1) is 5.56 Å². The van der Waals surface area contributed by atoms with Crippen LogP contribution in [0, 0.1) is 5.82 Å². The van der Waals surface area contributed by atoms with E-state index in [-0.39, 0.29) is 11.5 Å². The predicted octanol–water partition coefficient (Wildman–Crippen LogP) is 2.22. The van der Waals surface area contributed by atoms with Crippen molar-refractivity contribution in [3.05, 3.63) is 34.6 Å². The van der Waals surface area contributed by atoms with E-state index in [1.165, 1.54) is 24.1 Å². The van der Waals surface area contributed by atoms with Crippen LogP contribution in [0.15, 0.2) is 18.2 Å². The highest BCUT2D eigenvalue weighted by Crippen LogP contribution is 2.22. The summed E-state index contributed by atoms with van der Waals surface area (Å²) in [5, 5.41) is 2.84. The van der Waals surface area contributed by atoms with Crippen molar-refractivity contribution in [2.45, 2.75) is 25.3 Å². The minimum absolute atomic E-state index is 0.0895. The third-order valence-corrected chi connectivity index (χ3v) is 3.71. The van der Waals surface area contributed by atoms with Crippen LogP contribution in [-0.4, -0.2) is 36.3 Å². The van der Waals surface area contributed by atoms with Gasteiger partial charge in [0.2, 0.25) is 5.91 Å². The molecule has 2 amide bonds. The summed E-state index contributed by atoms with van der Waals surface area (Å²) in [5.41, 5.74) is -0.0895. The normalized spacial score (nSPS) is 18.8. The van der Waals surface area contributed by atoms with Crippen molar-refractivity contribution in [3.63, 3.8) is 0 Å². The smallest absolute Gasteiger partial charge is 0.257 e. The van der Waals surface area contributed by atoms with E-state index in [1.54, 1.807) is 0 Å². The maximum atomic E-state index is 13.8. The highest BCUT2D eigenvalue weighted by molar-refractivity contribution is 6.31. The zero-order valence-corrected chi connectivity index (χ0v) is 11.9. The number of carbonyl (C=O) groups is 2. The summed E-state index contributed by atoms with van der Waals surface area (Å²) in [7, 11) is 1.53. The number of likely N-dealkylation sites (tertiary alicyclic amines) is 1. The fraction of sp³-hybridized carbons (Fsp3) is 0.429. The van der Waals surface area contributed by atoms with E-state index < -0.39 is 17.8 Å². The number of amides is 2. The number of halogens is 2. The van der Waals surface area contributed by atoms with Gasteiger partial charge in [-0.1, -0.05) is 11.6 Å². The van der Waals surface area contributed by atoms with Gasteiger partial charge in [-0.25, -0.2) is 4.39 Å². The van der Waals surface area contributed by atoms with Crippen LogP contribution in [0.5, 0.6) is 0 Å². The minimum atomic E-state index is -0.624. The first-order chi connectivity index (χ1) is 9.54. The zero-order valence-electron chi connectivity index (χ0n) is 11.2. The molecule has 1 aromatic carbocycles. The Hall–Kier alpha value is -1.62. The molecule has 1 atom stereocenters. The Morgan fingerprint density at radius 1 is 1.40 bits per heavy atom. The molecule has 1 heterocycles. The van der Waals surface area contributed by atoms with Crippen molar-refractivity contribution in [2.24, 2.45) is 0 Å². The van der Waals surface area contributed by atoms with Gasteiger partial charge in [0.25, 0.3) is 5.91 Å². The summed E-state index contributed by atoms with van der Waals surface area (Å²) >= 11 is 5.81. The van der Waals surface area contributed by atoms with Gasteiger partial charge in [0, 0.05) is 18.6 Å². The first kappa shape index (κ1) is 14.8. The summed E-state index contributed by atoms with van der Waals surface area (Å²) in [4.78, 5) is 25.7. The highest BCUT2D eigenvalue weighted by atomic mass is 35.5. The molecule has 1 fully saturated rings. The molecule has 0 bridgehead atoms. The van der Waals surface area contributed by atoms with E-state index in [9.17, 15) is 14.0 Å². The Labute approximate surface area is 121 Å². The van der Waals surface area contributed by atoms with Crippen LogP contribution in [0.1, 0.15) is 29.6 Å². The van der Waals surface area contributed by atoms with Gasteiger partial charge < -0.3 is 10.2 Å². The molecule has 0 radical (unpaired) electrons.